The van der Waals surface area contributed by atoms with Crippen LogP contribution in [0.15, 0.2) is 12.2 Å². The van der Waals surface area contributed by atoms with Crippen LogP contribution in [0, 0.1) is 11.3 Å². The second-order valence-electron chi connectivity index (χ2n) is 4.42. The minimum Gasteiger partial charge on any atom is -0.0914 e. The highest BCUT2D eigenvalue weighted by atomic mass is 14.2. The van der Waals surface area contributed by atoms with Crippen LogP contribution in [-0.4, -0.2) is 0 Å². The zero-order valence-corrected chi connectivity index (χ0v) is 9.35. The predicted octanol–water partition coefficient (Wildman–Crippen LogP) is 4.42. The van der Waals surface area contributed by atoms with Gasteiger partial charge in [0.2, 0.25) is 0 Å². The van der Waals surface area contributed by atoms with Crippen molar-refractivity contribution in [2.45, 2.75) is 53.9 Å². The summed E-state index contributed by atoms with van der Waals surface area (Å²) in [4.78, 5) is 0. The van der Waals surface area contributed by atoms with Gasteiger partial charge in [-0.3, -0.25) is 0 Å². The third-order valence-electron chi connectivity index (χ3n) is 2.76. The second-order valence-corrected chi connectivity index (χ2v) is 4.42. The summed E-state index contributed by atoms with van der Waals surface area (Å²) in [6.45, 7) is 11.4. The molecule has 0 heterocycles. The van der Waals surface area contributed by atoms with Gasteiger partial charge in [-0.2, -0.15) is 0 Å². The van der Waals surface area contributed by atoms with Gasteiger partial charge < -0.3 is 0 Å². The molecule has 0 aliphatic carbocycles. The van der Waals surface area contributed by atoms with E-state index >= 15 is 0 Å². The van der Waals surface area contributed by atoms with Crippen molar-refractivity contribution in [3.05, 3.63) is 12.2 Å². The average molecular weight is 168 g/mol. The van der Waals surface area contributed by atoms with E-state index in [1.54, 1.807) is 0 Å². The van der Waals surface area contributed by atoms with Crippen molar-refractivity contribution in [2.75, 3.05) is 0 Å². The molecule has 1 unspecified atom stereocenters. The highest BCUT2D eigenvalue weighted by Crippen LogP contribution is 2.30. The van der Waals surface area contributed by atoms with Gasteiger partial charge >= 0.3 is 0 Å². The topological polar surface area (TPSA) is 0 Å². The molecule has 0 aliphatic rings. The first-order valence-corrected chi connectivity index (χ1v) is 5.18. The highest BCUT2D eigenvalue weighted by molar-refractivity contribution is 4.87. The maximum absolute atomic E-state index is 2.36. The third-order valence-corrected chi connectivity index (χ3v) is 2.76. The quantitative estimate of drug-likeness (QED) is 0.533. The summed E-state index contributed by atoms with van der Waals surface area (Å²) < 4.78 is 0. The Kier molecular flexibility index (Phi) is 5.28. The Morgan fingerprint density at radius 3 is 2.17 bits per heavy atom. The lowest BCUT2D eigenvalue weighted by atomic mass is 9.80. The van der Waals surface area contributed by atoms with E-state index in [1.165, 1.54) is 19.3 Å². The molecular formula is C12H24. The molecule has 72 valence electrons. The zero-order valence-electron chi connectivity index (χ0n) is 9.35. The third kappa shape index (κ3) is 4.58. The lowest BCUT2D eigenvalue weighted by Gasteiger charge is -2.26. The molecule has 0 aromatic carbocycles. The van der Waals surface area contributed by atoms with Gasteiger partial charge in [0.15, 0.2) is 0 Å². The summed E-state index contributed by atoms with van der Waals surface area (Å²) in [5.41, 5.74) is 0.514. The monoisotopic (exact) mass is 168 g/mol. The second kappa shape index (κ2) is 5.40. The van der Waals surface area contributed by atoms with Crippen molar-refractivity contribution in [1.29, 1.82) is 0 Å². The highest BCUT2D eigenvalue weighted by Gasteiger charge is 2.18. The fourth-order valence-corrected chi connectivity index (χ4v) is 1.47. The Balaban J connectivity index is 4.01. The molecule has 1 atom stereocenters. The molecule has 0 aromatic rings. The van der Waals surface area contributed by atoms with Crippen LogP contribution in [0.1, 0.15) is 53.9 Å². The van der Waals surface area contributed by atoms with Crippen LogP contribution < -0.4 is 0 Å². The van der Waals surface area contributed by atoms with Gasteiger partial charge in [0.1, 0.15) is 0 Å². The molecule has 0 aromatic heterocycles. The maximum Gasteiger partial charge on any atom is -0.0231 e. The van der Waals surface area contributed by atoms with Crippen LogP contribution in [0.3, 0.4) is 0 Å². The average Bonchev–Trinajstić information content (AvgIpc) is 2.03. The van der Waals surface area contributed by atoms with E-state index in [1.807, 2.05) is 0 Å². The molecule has 0 amide bonds. The summed E-state index contributed by atoms with van der Waals surface area (Å²) in [5.74, 6) is 0.782. The predicted molar refractivity (Wildman–Crippen MR) is 57.3 cm³/mol. The fourth-order valence-electron chi connectivity index (χ4n) is 1.47. The summed E-state index contributed by atoms with van der Waals surface area (Å²) in [7, 11) is 0. The van der Waals surface area contributed by atoms with Crippen LogP contribution >= 0.6 is 0 Å². The van der Waals surface area contributed by atoms with Gasteiger partial charge in [-0.25, -0.2) is 0 Å². The van der Waals surface area contributed by atoms with Gasteiger partial charge in [0.05, 0.1) is 0 Å². The van der Waals surface area contributed by atoms with Crippen molar-refractivity contribution < 1.29 is 0 Å². The minimum absolute atomic E-state index is 0.514. The number of rotatable bonds is 5. The van der Waals surface area contributed by atoms with E-state index in [4.69, 9.17) is 0 Å². The number of hydrogen-bond acceptors (Lipinski definition) is 0. The molecule has 0 radical (unpaired) electrons. The van der Waals surface area contributed by atoms with Crippen LogP contribution in [0.4, 0.5) is 0 Å². The van der Waals surface area contributed by atoms with Gasteiger partial charge in [-0.15, -0.1) is 0 Å². The van der Waals surface area contributed by atoms with E-state index in [9.17, 15) is 0 Å². The lowest BCUT2D eigenvalue weighted by molar-refractivity contribution is 0.278. The van der Waals surface area contributed by atoms with Gasteiger partial charge in [0.25, 0.3) is 0 Å². The molecular weight excluding hydrogens is 144 g/mol. The molecule has 0 nitrogen and oxygen atoms in total. The van der Waals surface area contributed by atoms with E-state index < -0.39 is 0 Å². The summed E-state index contributed by atoms with van der Waals surface area (Å²) in [6, 6.07) is 0. The van der Waals surface area contributed by atoms with Crippen molar-refractivity contribution in [2.24, 2.45) is 11.3 Å². The molecule has 0 aliphatic heterocycles. The van der Waals surface area contributed by atoms with Gasteiger partial charge in [-0.1, -0.05) is 46.3 Å². The maximum atomic E-state index is 2.36. The Labute approximate surface area is 78.1 Å². The summed E-state index contributed by atoms with van der Waals surface area (Å²) >= 11 is 0. The van der Waals surface area contributed by atoms with Crippen molar-refractivity contribution in [3.63, 3.8) is 0 Å². The number of hydrogen-bond donors (Lipinski definition) is 0. The summed E-state index contributed by atoms with van der Waals surface area (Å²) in [6.07, 6.45) is 8.40. The van der Waals surface area contributed by atoms with E-state index in [0.29, 0.717) is 5.41 Å². The normalized spacial score (nSPS) is 15.4. The van der Waals surface area contributed by atoms with Crippen molar-refractivity contribution in [3.8, 4) is 0 Å². The lowest BCUT2D eigenvalue weighted by Crippen LogP contribution is -2.14. The van der Waals surface area contributed by atoms with Crippen LogP contribution in [-0.2, 0) is 0 Å². The molecule has 0 N–H and O–H groups in total. The van der Waals surface area contributed by atoms with Crippen LogP contribution in [0.25, 0.3) is 0 Å². The zero-order chi connectivity index (χ0) is 9.61. The molecule has 0 fully saturated rings. The minimum atomic E-state index is 0.514. The molecule has 0 saturated carbocycles. The van der Waals surface area contributed by atoms with Gasteiger partial charge in [0, 0.05) is 0 Å². The molecule has 0 rings (SSSR count). The SMILES string of the molecule is CC=CC(CC)CC(C)(C)CC. The Morgan fingerprint density at radius 1 is 1.25 bits per heavy atom. The van der Waals surface area contributed by atoms with Crippen LogP contribution in [0.5, 0.6) is 0 Å². The Bertz CT molecular complexity index is 131. The van der Waals surface area contributed by atoms with Crippen molar-refractivity contribution >= 4 is 0 Å². The van der Waals surface area contributed by atoms with E-state index in [-0.39, 0.29) is 0 Å². The molecule has 0 bridgehead atoms. The first-order valence-electron chi connectivity index (χ1n) is 5.18. The van der Waals surface area contributed by atoms with Crippen LogP contribution in [0.2, 0.25) is 0 Å². The largest absolute Gasteiger partial charge is 0.0914 e. The van der Waals surface area contributed by atoms with Crippen molar-refractivity contribution in [1.82, 2.24) is 0 Å². The Morgan fingerprint density at radius 2 is 1.83 bits per heavy atom. The van der Waals surface area contributed by atoms with Gasteiger partial charge in [-0.05, 0) is 31.1 Å². The summed E-state index contributed by atoms with van der Waals surface area (Å²) in [5, 5.41) is 0. The van der Waals surface area contributed by atoms with E-state index in [2.05, 4.69) is 46.8 Å². The first kappa shape index (κ1) is 11.7. The first-order chi connectivity index (χ1) is 5.55. The molecule has 0 saturated heterocycles. The fraction of sp³-hybridized carbons (Fsp3) is 0.833. The standard InChI is InChI=1S/C12H24/c1-6-9-11(7-2)10-12(4,5)8-3/h6,9,11H,7-8,10H2,1-5H3. The number of allylic oxidation sites excluding steroid dienone is 2. The molecule has 0 heteroatoms. The molecule has 0 spiro atoms. The molecule has 12 heavy (non-hydrogen) atoms. The smallest absolute Gasteiger partial charge is 0.0231 e. The van der Waals surface area contributed by atoms with E-state index in [0.717, 1.165) is 5.92 Å². The Hall–Kier alpha value is -0.260.